The molecule has 2 rings (SSSR count). The highest BCUT2D eigenvalue weighted by atomic mass is 14.7. The number of rotatable bonds is 49. The number of nitrogens with two attached hydrogens (primary N) is 1. The Hall–Kier alpha value is -1.34. The fourth-order valence-corrected chi connectivity index (χ4v) is 10.7. The lowest BCUT2D eigenvalue weighted by Gasteiger charge is -2.30. The molecule has 2 aromatic carbocycles. The van der Waals surface area contributed by atoms with Crippen LogP contribution in [0.3, 0.4) is 0 Å². The van der Waals surface area contributed by atoms with Crippen molar-refractivity contribution in [3.8, 4) is 0 Å². The predicted molar refractivity (Wildman–Crippen MR) is 304 cm³/mol. The second-order valence-electron chi connectivity index (χ2n) is 21.8. The molecule has 0 radical (unpaired) electrons. The van der Waals surface area contributed by atoms with E-state index in [0.717, 1.165) is 0 Å². The first-order valence-corrected chi connectivity index (χ1v) is 30.8. The molecular weight excluding hydrogens is 795 g/mol. The van der Waals surface area contributed by atoms with Gasteiger partial charge in [0.05, 0.1) is 0 Å². The Kier molecular flexibility index (Phi) is 46.2. The van der Waals surface area contributed by atoms with Gasteiger partial charge in [0, 0.05) is 5.54 Å². The second-order valence-corrected chi connectivity index (χ2v) is 21.8. The summed E-state index contributed by atoms with van der Waals surface area (Å²) in [4.78, 5) is 0. The maximum atomic E-state index is 7.12. The molecule has 66 heavy (non-hydrogen) atoms. The SMILES string of the molecule is CCCCCCCCCCCCC(N)(CCCCCCCCCCCC)CCCCCCCCCCCC.CCCCCCCCCc1ccc2ccccc2c1CCCCCCCCC. The van der Waals surface area contributed by atoms with Crippen LogP contribution in [0.2, 0.25) is 0 Å². The van der Waals surface area contributed by atoms with Crippen LogP contribution in [0.1, 0.15) is 348 Å². The molecule has 0 aliphatic rings. The van der Waals surface area contributed by atoms with Crippen LogP contribution in [0.4, 0.5) is 0 Å². The zero-order valence-corrected chi connectivity index (χ0v) is 46.2. The Morgan fingerprint density at radius 1 is 0.288 bits per heavy atom. The van der Waals surface area contributed by atoms with Crippen LogP contribution in [0.25, 0.3) is 10.8 Å². The highest BCUT2D eigenvalue weighted by Crippen LogP contribution is 2.29. The first-order chi connectivity index (χ1) is 32.5. The van der Waals surface area contributed by atoms with E-state index in [4.69, 9.17) is 5.73 Å². The van der Waals surface area contributed by atoms with Crippen molar-refractivity contribution in [3.05, 3.63) is 47.5 Å². The topological polar surface area (TPSA) is 26.0 Å². The van der Waals surface area contributed by atoms with E-state index in [1.54, 1.807) is 11.1 Å². The largest absolute Gasteiger partial charge is 0.325 e. The van der Waals surface area contributed by atoms with Crippen molar-refractivity contribution in [3.63, 3.8) is 0 Å². The Morgan fingerprint density at radius 2 is 0.561 bits per heavy atom. The minimum atomic E-state index is 0.125. The van der Waals surface area contributed by atoms with Crippen molar-refractivity contribution in [2.75, 3.05) is 0 Å². The van der Waals surface area contributed by atoms with E-state index in [-0.39, 0.29) is 5.54 Å². The van der Waals surface area contributed by atoms with Gasteiger partial charge in [-0.05, 0) is 66.8 Å². The molecule has 0 bridgehead atoms. The van der Waals surface area contributed by atoms with Gasteiger partial charge in [-0.2, -0.15) is 0 Å². The number of aryl methyl sites for hydroxylation is 2. The third-order valence-corrected chi connectivity index (χ3v) is 15.3. The Labute approximate surface area is 417 Å². The third kappa shape index (κ3) is 37.5. The third-order valence-electron chi connectivity index (χ3n) is 15.3. The zero-order chi connectivity index (χ0) is 47.7. The highest BCUT2D eigenvalue weighted by molar-refractivity contribution is 5.86. The molecule has 0 atom stereocenters. The van der Waals surface area contributed by atoms with Gasteiger partial charge >= 0.3 is 0 Å². The molecule has 0 aliphatic carbocycles. The summed E-state index contributed by atoms with van der Waals surface area (Å²) in [5, 5.41) is 2.93. The van der Waals surface area contributed by atoms with E-state index in [1.807, 2.05) is 0 Å². The zero-order valence-electron chi connectivity index (χ0n) is 46.2. The van der Waals surface area contributed by atoms with Crippen LogP contribution in [-0.4, -0.2) is 5.54 Å². The van der Waals surface area contributed by atoms with Crippen LogP contribution < -0.4 is 5.73 Å². The first kappa shape index (κ1) is 62.7. The molecule has 0 unspecified atom stereocenters. The minimum Gasteiger partial charge on any atom is -0.325 e. The molecule has 0 aromatic heterocycles. The fourth-order valence-electron chi connectivity index (χ4n) is 10.7. The van der Waals surface area contributed by atoms with Crippen molar-refractivity contribution >= 4 is 10.8 Å². The maximum absolute atomic E-state index is 7.12. The van der Waals surface area contributed by atoms with Crippen LogP contribution in [0, 0.1) is 0 Å². The molecule has 386 valence electrons. The van der Waals surface area contributed by atoms with Gasteiger partial charge < -0.3 is 5.73 Å². The number of fused-ring (bicyclic) bond motifs is 1. The van der Waals surface area contributed by atoms with E-state index in [9.17, 15) is 0 Å². The standard InChI is InChI=1S/C37H77N.C28H44/c1-4-7-10-13-16-19-22-25-28-31-34-37(38,35-32-29-26-23-20-17-14-11-8-5-2)36-33-30-27-24-21-18-15-12-9-6-3;1-3-5-7-9-11-13-15-19-25-23-24-26-20-17-18-22-28(26)27(25)21-16-14-12-10-8-6-4-2/h4-36,38H2,1-3H3;17-18,20,22-24H,3-16,19,21H2,1-2H3. The normalized spacial score (nSPS) is 11.7. The van der Waals surface area contributed by atoms with E-state index in [0.29, 0.717) is 0 Å². The summed E-state index contributed by atoms with van der Waals surface area (Å²) >= 11 is 0. The Morgan fingerprint density at radius 3 is 0.894 bits per heavy atom. The van der Waals surface area contributed by atoms with Gasteiger partial charge in [-0.1, -0.05) is 341 Å². The number of unbranched alkanes of at least 4 members (excludes halogenated alkanes) is 39. The average molecular weight is 917 g/mol. The lowest BCUT2D eigenvalue weighted by molar-refractivity contribution is 0.302. The van der Waals surface area contributed by atoms with Crippen LogP contribution in [0.5, 0.6) is 0 Å². The summed E-state index contributed by atoms with van der Waals surface area (Å²) in [6, 6.07) is 13.8. The van der Waals surface area contributed by atoms with Gasteiger partial charge in [-0.25, -0.2) is 0 Å². The smallest absolute Gasteiger partial charge is 0.0154 e. The molecule has 0 heterocycles. The van der Waals surface area contributed by atoms with Gasteiger partial charge in [0.2, 0.25) is 0 Å². The van der Waals surface area contributed by atoms with Crippen molar-refractivity contribution in [1.82, 2.24) is 0 Å². The van der Waals surface area contributed by atoms with Crippen LogP contribution >= 0.6 is 0 Å². The number of benzene rings is 2. The molecule has 1 heteroatoms. The van der Waals surface area contributed by atoms with Gasteiger partial charge in [0.15, 0.2) is 0 Å². The molecule has 2 N–H and O–H groups in total. The second kappa shape index (κ2) is 48.7. The molecule has 0 fully saturated rings. The fraction of sp³-hybridized carbons (Fsp3) is 0.846. The Balaban J connectivity index is 0.000000688. The van der Waals surface area contributed by atoms with E-state index < -0.39 is 0 Å². The van der Waals surface area contributed by atoms with Crippen molar-refractivity contribution < 1.29 is 0 Å². The number of hydrogen-bond acceptors (Lipinski definition) is 1. The van der Waals surface area contributed by atoms with E-state index in [2.05, 4.69) is 71.0 Å². The van der Waals surface area contributed by atoms with Gasteiger partial charge in [-0.15, -0.1) is 0 Å². The summed E-state index contributed by atoms with van der Waals surface area (Å²) in [7, 11) is 0. The summed E-state index contributed by atoms with van der Waals surface area (Å²) in [6.45, 7) is 11.5. The quantitative estimate of drug-likeness (QED) is 0.0658. The molecule has 0 aliphatic heterocycles. The molecular formula is C65H121N. The van der Waals surface area contributed by atoms with E-state index >= 15 is 0 Å². The lowest BCUT2D eigenvalue weighted by atomic mass is 9.82. The molecule has 2 aromatic rings. The lowest BCUT2D eigenvalue weighted by Crippen LogP contribution is -2.39. The summed E-state index contributed by atoms with van der Waals surface area (Å²) in [5.41, 5.74) is 10.5. The molecule has 0 saturated carbocycles. The molecule has 0 saturated heterocycles. The average Bonchev–Trinajstić information content (AvgIpc) is 3.33. The van der Waals surface area contributed by atoms with Crippen molar-refractivity contribution in [2.45, 2.75) is 355 Å². The van der Waals surface area contributed by atoms with Gasteiger partial charge in [0.25, 0.3) is 0 Å². The first-order valence-electron chi connectivity index (χ1n) is 30.8. The highest BCUT2D eigenvalue weighted by Gasteiger charge is 2.23. The number of hydrogen-bond donors (Lipinski definition) is 1. The van der Waals surface area contributed by atoms with Crippen molar-refractivity contribution in [2.24, 2.45) is 5.73 Å². The minimum absolute atomic E-state index is 0.125. The Bertz CT molecular complexity index is 1190. The molecule has 0 amide bonds. The monoisotopic (exact) mass is 916 g/mol. The summed E-state index contributed by atoms with van der Waals surface area (Å²) in [5.74, 6) is 0. The summed E-state index contributed by atoms with van der Waals surface area (Å²) < 4.78 is 0. The van der Waals surface area contributed by atoms with Gasteiger partial charge in [-0.3, -0.25) is 0 Å². The van der Waals surface area contributed by atoms with Crippen molar-refractivity contribution in [1.29, 1.82) is 0 Å². The molecule has 1 nitrogen and oxygen atoms in total. The van der Waals surface area contributed by atoms with E-state index in [1.165, 1.54) is 325 Å². The molecule has 0 spiro atoms. The van der Waals surface area contributed by atoms with Crippen LogP contribution in [0.15, 0.2) is 36.4 Å². The summed E-state index contributed by atoms with van der Waals surface area (Å²) in [6.07, 6.45) is 68.6. The van der Waals surface area contributed by atoms with Gasteiger partial charge in [0.1, 0.15) is 0 Å². The predicted octanol–water partition coefficient (Wildman–Crippen LogP) is 23.0. The van der Waals surface area contributed by atoms with Crippen LogP contribution in [-0.2, 0) is 12.8 Å². The maximum Gasteiger partial charge on any atom is 0.0154 e.